The lowest BCUT2D eigenvalue weighted by Gasteiger charge is -2.16. The van der Waals surface area contributed by atoms with Crippen molar-refractivity contribution in [1.82, 2.24) is 15.0 Å². The lowest BCUT2D eigenvalue weighted by molar-refractivity contribution is 0.256. The summed E-state index contributed by atoms with van der Waals surface area (Å²) < 4.78 is 32.3. The van der Waals surface area contributed by atoms with E-state index in [1.165, 1.54) is 23.3 Å². The van der Waals surface area contributed by atoms with E-state index in [1.54, 1.807) is 0 Å². The normalized spacial score (nSPS) is 15.3. The van der Waals surface area contributed by atoms with E-state index in [9.17, 15) is 13.2 Å². The highest BCUT2D eigenvalue weighted by Crippen LogP contribution is 2.38. The maximum Gasteiger partial charge on any atom is 0.333 e. The van der Waals surface area contributed by atoms with Crippen molar-refractivity contribution in [3.63, 3.8) is 0 Å². The summed E-state index contributed by atoms with van der Waals surface area (Å²) in [6.07, 6.45) is 5.81. The topological polar surface area (TPSA) is 114 Å². The van der Waals surface area contributed by atoms with Crippen molar-refractivity contribution in [3.05, 3.63) is 45.5 Å². The molecular formula is C19H17ClN4O4S. The second-order valence-electron chi connectivity index (χ2n) is 7.30. The Bertz CT molecular complexity index is 1240. The first-order chi connectivity index (χ1) is 13.9. The van der Waals surface area contributed by atoms with Crippen LogP contribution in [0.1, 0.15) is 35.1 Å². The van der Waals surface area contributed by atoms with Crippen LogP contribution < -0.4 is 10.0 Å². The predicted molar refractivity (Wildman–Crippen MR) is 107 cm³/mol. The standard InChI is InChI=1S/C19H17ClN4O4S/c20-14-7-8-15(18-17(14)22-28-23-18)29(26,27)24-19(25)21-16-12-5-1-3-10(12)9-11-4-2-6-13(11)16/h7-9H,1-6H2,(H2,21,24,25). The van der Waals surface area contributed by atoms with E-state index >= 15 is 0 Å². The highest BCUT2D eigenvalue weighted by molar-refractivity contribution is 7.90. The average Bonchev–Trinajstić information content (AvgIpc) is 3.41. The van der Waals surface area contributed by atoms with Gasteiger partial charge in [-0.25, -0.2) is 22.6 Å². The number of benzene rings is 2. The fourth-order valence-corrected chi connectivity index (χ4v) is 5.54. The maximum absolute atomic E-state index is 12.8. The molecule has 5 rings (SSSR count). The molecule has 2 amide bonds. The largest absolute Gasteiger partial charge is 0.333 e. The van der Waals surface area contributed by atoms with Crippen molar-refractivity contribution >= 4 is 44.4 Å². The highest BCUT2D eigenvalue weighted by atomic mass is 35.5. The minimum absolute atomic E-state index is 0.0284. The van der Waals surface area contributed by atoms with E-state index in [0.29, 0.717) is 0 Å². The molecule has 2 aliphatic rings. The number of nitrogens with one attached hydrogen (secondary N) is 2. The molecule has 0 saturated heterocycles. The van der Waals surface area contributed by atoms with Gasteiger partial charge < -0.3 is 5.32 Å². The fourth-order valence-electron chi connectivity index (χ4n) is 4.31. The molecule has 0 unspecified atom stereocenters. The quantitative estimate of drug-likeness (QED) is 0.655. The Morgan fingerprint density at radius 3 is 2.34 bits per heavy atom. The Kier molecular flexibility index (Phi) is 4.25. The zero-order chi connectivity index (χ0) is 20.2. The summed E-state index contributed by atoms with van der Waals surface area (Å²) in [5.41, 5.74) is 5.59. The predicted octanol–water partition coefficient (Wildman–Crippen LogP) is 3.36. The molecule has 8 nitrogen and oxygen atoms in total. The molecule has 0 radical (unpaired) electrons. The van der Waals surface area contributed by atoms with Crippen LogP contribution >= 0.6 is 11.6 Å². The van der Waals surface area contributed by atoms with E-state index in [-0.39, 0.29) is 21.0 Å². The average molecular weight is 433 g/mol. The Morgan fingerprint density at radius 1 is 1.00 bits per heavy atom. The number of sulfonamides is 1. The summed E-state index contributed by atoms with van der Waals surface area (Å²) >= 11 is 5.98. The molecule has 29 heavy (non-hydrogen) atoms. The third-order valence-electron chi connectivity index (χ3n) is 5.56. The Hall–Kier alpha value is -2.65. The van der Waals surface area contributed by atoms with Crippen molar-refractivity contribution in [2.45, 2.75) is 43.4 Å². The number of fused-ring (bicyclic) bond motifs is 3. The Balaban J connectivity index is 1.46. The summed E-state index contributed by atoms with van der Waals surface area (Å²) in [6.45, 7) is 0. The second kappa shape index (κ2) is 6.70. The monoisotopic (exact) mass is 432 g/mol. The summed E-state index contributed by atoms with van der Waals surface area (Å²) in [6, 6.07) is 4.07. The first-order valence-electron chi connectivity index (χ1n) is 9.35. The van der Waals surface area contributed by atoms with Gasteiger partial charge in [0.1, 0.15) is 4.90 Å². The molecule has 10 heteroatoms. The number of carbonyl (C=O) groups excluding carboxylic acids is 1. The molecule has 0 bridgehead atoms. The molecule has 2 aromatic carbocycles. The van der Waals surface area contributed by atoms with Gasteiger partial charge in [-0.2, -0.15) is 0 Å². The maximum atomic E-state index is 12.8. The van der Waals surface area contributed by atoms with Gasteiger partial charge in [0.2, 0.25) is 0 Å². The third-order valence-corrected chi connectivity index (χ3v) is 7.22. The molecule has 0 atom stereocenters. The van der Waals surface area contributed by atoms with Crippen LogP contribution in [0.15, 0.2) is 27.7 Å². The lowest BCUT2D eigenvalue weighted by atomic mass is 9.99. The fraction of sp³-hybridized carbons (Fsp3) is 0.316. The number of halogens is 1. The van der Waals surface area contributed by atoms with Gasteiger partial charge in [-0.1, -0.05) is 17.7 Å². The molecule has 0 aliphatic heterocycles. The van der Waals surface area contributed by atoms with E-state index in [1.807, 2.05) is 0 Å². The van der Waals surface area contributed by atoms with Crippen LogP contribution in [-0.2, 0) is 35.7 Å². The minimum atomic E-state index is -4.20. The van der Waals surface area contributed by atoms with E-state index in [4.69, 9.17) is 11.6 Å². The van der Waals surface area contributed by atoms with Gasteiger partial charge in [-0.15, -0.1) is 0 Å². The number of aromatic nitrogens is 2. The lowest BCUT2D eigenvalue weighted by Crippen LogP contribution is -2.35. The van der Waals surface area contributed by atoms with Crippen LogP contribution in [0.3, 0.4) is 0 Å². The number of amides is 2. The zero-order valence-corrected chi connectivity index (χ0v) is 16.9. The second-order valence-corrected chi connectivity index (χ2v) is 9.36. The van der Waals surface area contributed by atoms with Gasteiger partial charge in [0.15, 0.2) is 11.0 Å². The smallest absolute Gasteiger partial charge is 0.307 e. The number of urea groups is 1. The van der Waals surface area contributed by atoms with Crippen LogP contribution in [0, 0.1) is 0 Å². The van der Waals surface area contributed by atoms with E-state index in [0.717, 1.165) is 55.3 Å². The molecule has 2 N–H and O–H groups in total. The van der Waals surface area contributed by atoms with Crippen molar-refractivity contribution in [2.75, 3.05) is 5.32 Å². The molecule has 3 aromatic rings. The number of hydrogen-bond donors (Lipinski definition) is 2. The van der Waals surface area contributed by atoms with Crippen LogP contribution in [0.2, 0.25) is 5.02 Å². The van der Waals surface area contributed by atoms with Gasteiger partial charge in [0, 0.05) is 5.69 Å². The zero-order valence-electron chi connectivity index (χ0n) is 15.3. The molecule has 1 heterocycles. The number of hydrogen-bond acceptors (Lipinski definition) is 6. The molecule has 0 saturated carbocycles. The molecule has 1 aromatic heterocycles. The molecule has 2 aliphatic carbocycles. The number of anilines is 1. The molecule has 150 valence electrons. The summed E-state index contributed by atoms with van der Waals surface area (Å²) in [5.74, 6) is 0. The van der Waals surface area contributed by atoms with Crippen LogP contribution in [0.4, 0.5) is 10.5 Å². The van der Waals surface area contributed by atoms with Gasteiger partial charge >= 0.3 is 6.03 Å². The Labute approximate surface area is 171 Å². The molecular weight excluding hydrogens is 416 g/mol. The number of carbonyl (C=O) groups is 1. The van der Waals surface area contributed by atoms with Crippen molar-refractivity contribution in [1.29, 1.82) is 0 Å². The van der Waals surface area contributed by atoms with Crippen LogP contribution in [0.25, 0.3) is 11.0 Å². The Morgan fingerprint density at radius 2 is 1.66 bits per heavy atom. The summed E-state index contributed by atoms with van der Waals surface area (Å²) in [5, 5.41) is 10.2. The van der Waals surface area contributed by atoms with E-state index in [2.05, 4.69) is 31.0 Å². The first kappa shape index (κ1) is 18.4. The van der Waals surface area contributed by atoms with Crippen molar-refractivity contribution in [2.24, 2.45) is 0 Å². The number of aryl methyl sites for hydroxylation is 2. The van der Waals surface area contributed by atoms with Crippen molar-refractivity contribution in [3.8, 4) is 0 Å². The summed E-state index contributed by atoms with van der Waals surface area (Å²) in [4.78, 5) is 12.4. The van der Waals surface area contributed by atoms with Gasteiger partial charge in [-0.05, 0) is 83.2 Å². The summed E-state index contributed by atoms with van der Waals surface area (Å²) in [7, 11) is -4.20. The van der Waals surface area contributed by atoms with Crippen LogP contribution in [0.5, 0.6) is 0 Å². The first-order valence-corrected chi connectivity index (χ1v) is 11.2. The third kappa shape index (κ3) is 3.05. The molecule has 0 spiro atoms. The number of nitrogens with zero attached hydrogens (tertiary/aromatic N) is 2. The van der Waals surface area contributed by atoms with Crippen LogP contribution in [-0.4, -0.2) is 24.8 Å². The highest BCUT2D eigenvalue weighted by Gasteiger charge is 2.28. The van der Waals surface area contributed by atoms with Crippen molar-refractivity contribution < 1.29 is 17.8 Å². The van der Waals surface area contributed by atoms with Gasteiger partial charge in [-0.3, -0.25) is 0 Å². The van der Waals surface area contributed by atoms with Gasteiger partial charge in [0.05, 0.1) is 5.02 Å². The molecule has 0 fully saturated rings. The van der Waals surface area contributed by atoms with E-state index < -0.39 is 16.1 Å². The minimum Gasteiger partial charge on any atom is -0.307 e. The van der Waals surface area contributed by atoms with Gasteiger partial charge in [0.25, 0.3) is 10.0 Å². The number of rotatable bonds is 3. The SMILES string of the molecule is O=C(Nc1c2c(cc3c1CCC3)CCC2)NS(=O)(=O)c1ccc(Cl)c2nonc12.